The highest BCUT2D eigenvalue weighted by molar-refractivity contribution is 4.87. The summed E-state index contributed by atoms with van der Waals surface area (Å²) < 4.78 is 0. The van der Waals surface area contributed by atoms with E-state index >= 15 is 0 Å². The molecule has 0 aromatic rings. The van der Waals surface area contributed by atoms with Gasteiger partial charge in [-0.05, 0) is 26.3 Å². The van der Waals surface area contributed by atoms with Crippen LogP contribution in [0, 0.1) is 5.41 Å². The Morgan fingerprint density at radius 1 is 1.00 bits per heavy atom. The van der Waals surface area contributed by atoms with E-state index in [0.717, 1.165) is 26.2 Å². The van der Waals surface area contributed by atoms with Gasteiger partial charge in [0, 0.05) is 44.8 Å². The third kappa shape index (κ3) is 5.36. The van der Waals surface area contributed by atoms with E-state index in [-0.39, 0.29) is 5.54 Å². The van der Waals surface area contributed by atoms with Crippen LogP contribution < -0.4 is 5.32 Å². The largest absolute Gasteiger partial charge is 0.314 e. The molecule has 0 aliphatic carbocycles. The first-order chi connectivity index (χ1) is 7.71. The van der Waals surface area contributed by atoms with Crippen LogP contribution in [0.5, 0.6) is 0 Å². The fourth-order valence-electron chi connectivity index (χ4n) is 2.90. The van der Waals surface area contributed by atoms with Gasteiger partial charge in [-0.15, -0.1) is 0 Å². The van der Waals surface area contributed by atoms with Crippen molar-refractivity contribution in [3.8, 4) is 0 Å². The number of piperazine rings is 1. The molecule has 0 saturated carbocycles. The third-order valence-corrected chi connectivity index (χ3v) is 3.37. The van der Waals surface area contributed by atoms with E-state index in [1.165, 1.54) is 13.1 Å². The van der Waals surface area contributed by atoms with Gasteiger partial charge in [0.15, 0.2) is 0 Å². The molecule has 3 nitrogen and oxygen atoms in total. The average molecular weight is 241 g/mol. The Kier molecular flexibility index (Phi) is 4.99. The summed E-state index contributed by atoms with van der Waals surface area (Å²) in [4.78, 5) is 5.09. The van der Waals surface area contributed by atoms with Crippen molar-refractivity contribution in [2.45, 2.75) is 40.2 Å². The Labute approximate surface area is 108 Å². The van der Waals surface area contributed by atoms with Gasteiger partial charge in [0.2, 0.25) is 0 Å². The van der Waals surface area contributed by atoms with Gasteiger partial charge in [-0.2, -0.15) is 0 Å². The molecule has 1 fully saturated rings. The van der Waals surface area contributed by atoms with E-state index in [4.69, 9.17) is 0 Å². The number of hydrogen-bond acceptors (Lipinski definition) is 3. The zero-order valence-corrected chi connectivity index (χ0v) is 12.6. The molecule has 0 bridgehead atoms. The maximum absolute atomic E-state index is 3.42. The molecule has 0 aromatic carbocycles. The normalized spacial score (nSPS) is 19.9. The third-order valence-electron chi connectivity index (χ3n) is 3.37. The molecule has 3 heteroatoms. The highest BCUT2D eigenvalue weighted by Crippen LogP contribution is 2.19. The van der Waals surface area contributed by atoms with E-state index in [2.05, 4.69) is 56.8 Å². The maximum Gasteiger partial charge on any atom is 0.0281 e. The molecule has 102 valence electrons. The Bertz CT molecular complexity index is 224. The van der Waals surface area contributed by atoms with E-state index < -0.39 is 0 Å². The van der Waals surface area contributed by atoms with Gasteiger partial charge in [0.1, 0.15) is 0 Å². The minimum absolute atomic E-state index is 0.280. The Hall–Kier alpha value is -0.120. The zero-order valence-electron chi connectivity index (χ0n) is 12.6. The lowest BCUT2D eigenvalue weighted by atomic mass is 9.94. The van der Waals surface area contributed by atoms with Gasteiger partial charge in [0.05, 0.1) is 0 Å². The molecular formula is C14H31N3. The summed E-state index contributed by atoms with van der Waals surface area (Å²) in [5, 5.41) is 3.42. The van der Waals surface area contributed by atoms with Crippen molar-refractivity contribution in [3.05, 3.63) is 0 Å². The summed E-state index contributed by atoms with van der Waals surface area (Å²) in [6, 6.07) is 0. The second-order valence-corrected chi connectivity index (χ2v) is 7.28. The molecule has 0 unspecified atom stereocenters. The van der Waals surface area contributed by atoms with Crippen LogP contribution in [-0.2, 0) is 0 Å². The van der Waals surface area contributed by atoms with Gasteiger partial charge < -0.3 is 10.2 Å². The highest BCUT2D eigenvalue weighted by atomic mass is 15.3. The second-order valence-electron chi connectivity index (χ2n) is 7.28. The molecule has 1 aliphatic rings. The smallest absolute Gasteiger partial charge is 0.0281 e. The molecule has 0 atom stereocenters. The lowest BCUT2D eigenvalue weighted by Crippen LogP contribution is -2.57. The van der Waals surface area contributed by atoms with Crippen LogP contribution in [0.3, 0.4) is 0 Å². The molecular weight excluding hydrogens is 210 g/mol. The van der Waals surface area contributed by atoms with Crippen molar-refractivity contribution >= 4 is 0 Å². The fraction of sp³-hybridized carbons (Fsp3) is 1.00. The first-order valence-electron chi connectivity index (χ1n) is 6.85. The van der Waals surface area contributed by atoms with Crippen LogP contribution in [0.4, 0.5) is 0 Å². The number of rotatable bonds is 4. The predicted octanol–water partition coefficient (Wildman–Crippen LogP) is 1.65. The topological polar surface area (TPSA) is 18.5 Å². The van der Waals surface area contributed by atoms with Crippen molar-refractivity contribution < 1.29 is 0 Å². The fourth-order valence-corrected chi connectivity index (χ4v) is 2.90. The number of likely N-dealkylation sites (N-methyl/N-ethyl adjacent to an activating group) is 1. The lowest BCUT2D eigenvalue weighted by Gasteiger charge is -2.44. The Balaban J connectivity index is 2.47. The molecule has 1 N–H and O–H groups in total. The van der Waals surface area contributed by atoms with Crippen LogP contribution in [-0.4, -0.2) is 61.7 Å². The monoisotopic (exact) mass is 241 g/mol. The second kappa shape index (κ2) is 5.68. The standard InChI is InChI=1S/C14H31N3/c1-13(2,3)11-16(6)12-14(4,5)17-9-7-15-8-10-17/h15H,7-12H2,1-6H3. The van der Waals surface area contributed by atoms with Gasteiger partial charge in [-0.3, -0.25) is 4.90 Å². The van der Waals surface area contributed by atoms with Crippen molar-refractivity contribution in [1.82, 2.24) is 15.1 Å². The van der Waals surface area contributed by atoms with Crippen molar-refractivity contribution in [3.63, 3.8) is 0 Å². The molecule has 0 aromatic heterocycles. The summed E-state index contributed by atoms with van der Waals surface area (Å²) in [5.41, 5.74) is 0.663. The van der Waals surface area contributed by atoms with Crippen LogP contribution in [0.15, 0.2) is 0 Å². The summed E-state index contributed by atoms with van der Waals surface area (Å²) >= 11 is 0. The molecule has 0 spiro atoms. The summed E-state index contributed by atoms with van der Waals surface area (Å²) in [6.07, 6.45) is 0. The average Bonchev–Trinajstić information content (AvgIpc) is 2.15. The molecule has 1 rings (SSSR count). The minimum Gasteiger partial charge on any atom is -0.314 e. The van der Waals surface area contributed by atoms with Crippen LogP contribution in [0.1, 0.15) is 34.6 Å². The highest BCUT2D eigenvalue weighted by Gasteiger charge is 2.29. The van der Waals surface area contributed by atoms with Crippen LogP contribution in [0.2, 0.25) is 0 Å². The van der Waals surface area contributed by atoms with E-state index in [1.807, 2.05) is 0 Å². The van der Waals surface area contributed by atoms with Crippen LogP contribution in [0.25, 0.3) is 0 Å². The van der Waals surface area contributed by atoms with Crippen LogP contribution >= 0.6 is 0 Å². The van der Waals surface area contributed by atoms with Gasteiger partial charge in [-0.1, -0.05) is 20.8 Å². The molecule has 0 radical (unpaired) electrons. The number of hydrogen-bond donors (Lipinski definition) is 1. The van der Waals surface area contributed by atoms with Gasteiger partial charge in [-0.25, -0.2) is 0 Å². The Morgan fingerprint density at radius 2 is 1.53 bits per heavy atom. The summed E-state index contributed by atoms with van der Waals surface area (Å²) in [7, 11) is 2.25. The molecule has 1 saturated heterocycles. The summed E-state index contributed by atoms with van der Waals surface area (Å²) in [6.45, 7) is 18.6. The SMILES string of the molecule is CN(CC(C)(C)C)CC(C)(C)N1CCNCC1. The first-order valence-corrected chi connectivity index (χ1v) is 6.85. The molecule has 17 heavy (non-hydrogen) atoms. The maximum atomic E-state index is 3.42. The number of nitrogens with zero attached hydrogens (tertiary/aromatic N) is 2. The van der Waals surface area contributed by atoms with Crippen molar-refractivity contribution in [2.75, 3.05) is 46.3 Å². The van der Waals surface area contributed by atoms with E-state index in [9.17, 15) is 0 Å². The van der Waals surface area contributed by atoms with Gasteiger partial charge >= 0.3 is 0 Å². The van der Waals surface area contributed by atoms with Gasteiger partial charge in [0.25, 0.3) is 0 Å². The lowest BCUT2D eigenvalue weighted by molar-refractivity contribution is 0.0617. The minimum atomic E-state index is 0.280. The number of nitrogens with one attached hydrogen (secondary N) is 1. The van der Waals surface area contributed by atoms with Crippen molar-refractivity contribution in [2.24, 2.45) is 5.41 Å². The Morgan fingerprint density at radius 3 is 2.00 bits per heavy atom. The molecule has 1 aliphatic heterocycles. The van der Waals surface area contributed by atoms with E-state index in [1.54, 1.807) is 0 Å². The van der Waals surface area contributed by atoms with E-state index in [0.29, 0.717) is 5.41 Å². The molecule has 1 heterocycles. The zero-order chi connectivity index (χ0) is 13.1. The molecule has 0 amide bonds. The predicted molar refractivity (Wildman–Crippen MR) is 75.5 cm³/mol. The quantitative estimate of drug-likeness (QED) is 0.807. The van der Waals surface area contributed by atoms with Crippen molar-refractivity contribution in [1.29, 1.82) is 0 Å². The first kappa shape index (κ1) is 14.9. The summed E-state index contributed by atoms with van der Waals surface area (Å²) in [5.74, 6) is 0.